The number of nitrogens with zero attached hydrogens (tertiary/aromatic N) is 1. The fraction of sp³-hybridized carbons (Fsp3) is 0.261. The molecular formula is C46H47BrClF13N3NaO17S. The number of ether oxygens (including phenoxy) is 4. The van der Waals surface area contributed by atoms with Crippen LogP contribution in [0.3, 0.4) is 0 Å². The number of aliphatic carboxylic acids is 2. The first kappa shape index (κ1) is 83.1. The number of phenols is 1. The Balaban J connectivity index is -0.000000439. The standard InChI is InChI=1S/C9H7F2NO2.C9H9F2NO.C9H8F2O3.C9H6F2O2.C6H4F2O.C3H5BrO2.CHF3O3S.ClH.H3NO.Na.2H2O/c10-6-3-5-8(12-13)1-2-14-9(5)4-7(6)11;10-6-4-8-9(5-7(6)11)13-3-1-2-12-8;10-7-2-1-6(5-8(7)11)14-4-3-9(12)13;10-6-3-5-8(12)1-2-13-9(5)4-7(6)11;7-5-2-1-4(9)3-6(5)8;4-2-1-3(5)6;2-1(3,4)8(5,6)7;;1-2;;;/h3-4,13H,1-2H2;4-5,12H,1-3H2;1-2,5H,3-4H2,(H,12,13);3-4H,1-2H2;1-3,9H;1-2H2,(H,5,6);(H,5,6,7);1H;2H,1H2;;2*1H2/q;;;;;;;;;+1;;/p-1/b12-8+;;;;;;;;;;;. The third kappa shape index (κ3) is 30.6. The van der Waals surface area contributed by atoms with Gasteiger partial charge in [-0.15, -0.1) is 12.4 Å². The van der Waals surface area contributed by atoms with Crippen molar-refractivity contribution in [3.8, 4) is 28.7 Å². The third-order valence-corrected chi connectivity index (χ3v) is 9.84. The van der Waals surface area contributed by atoms with Gasteiger partial charge in [0.2, 0.25) is 0 Å². The number of halogens is 15. The number of alkyl halides is 4. The van der Waals surface area contributed by atoms with Crippen molar-refractivity contribution in [3.63, 3.8) is 0 Å². The molecule has 0 saturated heterocycles. The normalized spacial score (nSPS) is 12.4. The van der Waals surface area contributed by atoms with Gasteiger partial charge in [-0.3, -0.25) is 18.9 Å². The minimum absolute atomic E-state index is 0. The van der Waals surface area contributed by atoms with Crippen LogP contribution in [-0.4, -0.2) is 117 Å². The monoisotopic (exact) mass is 1330 g/mol. The fourth-order valence-electron chi connectivity index (χ4n) is 5.28. The number of rotatable bonds is 6. The Morgan fingerprint density at radius 1 is 0.663 bits per heavy atom. The molecule has 5 aromatic rings. The molecule has 0 fully saturated rings. The van der Waals surface area contributed by atoms with E-state index in [1.807, 2.05) is 0 Å². The molecule has 0 amide bonds. The second-order valence-electron chi connectivity index (χ2n) is 14.5. The van der Waals surface area contributed by atoms with Crippen LogP contribution in [0.15, 0.2) is 78.0 Å². The number of nitrogens with two attached hydrogens (primary N) is 1. The first-order valence-corrected chi connectivity index (χ1v) is 23.9. The molecule has 0 aromatic heterocycles. The number of phenolic OH excluding ortho intramolecular Hbond substituents is 1. The smallest absolute Gasteiger partial charge is 0.870 e. The van der Waals surface area contributed by atoms with Crippen molar-refractivity contribution in [2.24, 2.45) is 11.1 Å². The number of benzene rings is 5. The molecular weight excluding hydrogens is 1280 g/mol. The molecule has 3 aliphatic heterocycles. The summed E-state index contributed by atoms with van der Waals surface area (Å²) in [5, 5.41) is 46.3. The molecule has 83 heavy (non-hydrogen) atoms. The molecule has 5 aromatic carbocycles. The number of anilines is 1. The molecule has 0 saturated carbocycles. The summed E-state index contributed by atoms with van der Waals surface area (Å²) in [4.78, 5) is 30.8. The second kappa shape index (κ2) is 41.6. The number of hydrogen-bond donors (Lipinski definition) is 8. The van der Waals surface area contributed by atoms with E-state index in [4.69, 9.17) is 57.7 Å². The number of aromatic hydroxyl groups is 1. The quantitative estimate of drug-likeness (QED) is 0.0171. The molecule has 0 bridgehead atoms. The van der Waals surface area contributed by atoms with Gasteiger partial charge in [-0.05, 0) is 42.8 Å². The summed E-state index contributed by atoms with van der Waals surface area (Å²) in [6.45, 7) is 1.72. The molecule has 0 atom stereocenters. The molecule has 0 radical (unpaired) electrons. The number of oxime groups is 1. The summed E-state index contributed by atoms with van der Waals surface area (Å²) in [5.74, 6) is -7.53. The van der Waals surface area contributed by atoms with Crippen LogP contribution < -0.4 is 59.7 Å². The number of fused-ring (bicyclic) bond motifs is 3. The number of nitrogens with one attached hydrogen (secondary N) is 1. The van der Waals surface area contributed by atoms with Crippen LogP contribution in [0.5, 0.6) is 28.7 Å². The third-order valence-electron chi connectivity index (χ3n) is 8.86. The molecule has 3 heterocycles. The topological polar surface area (TPSA) is 356 Å². The predicted octanol–water partition coefficient (Wildman–Crippen LogP) is 6.51. The van der Waals surface area contributed by atoms with Crippen LogP contribution in [0.2, 0.25) is 0 Å². The Bertz CT molecular complexity index is 2950. The van der Waals surface area contributed by atoms with Gasteiger partial charge in [0.05, 0.1) is 56.2 Å². The largest absolute Gasteiger partial charge is 1.00 e. The minimum Gasteiger partial charge on any atom is -0.870 e. The number of Topliss-reactive ketones (excluding diaryl/α,β-unsaturated/α-hetero) is 1. The molecule has 0 unspecified atom stereocenters. The van der Waals surface area contributed by atoms with Crippen LogP contribution in [0.1, 0.15) is 48.0 Å². The van der Waals surface area contributed by atoms with Gasteiger partial charge >= 0.3 is 57.1 Å². The van der Waals surface area contributed by atoms with Crippen LogP contribution >= 0.6 is 28.3 Å². The Labute approximate surface area is 497 Å². The van der Waals surface area contributed by atoms with E-state index >= 15 is 0 Å². The fourth-order valence-corrected chi connectivity index (χ4v) is 5.62. The maximum Gasteiger partial charge on any atom is 1.00 e. The van der Waals surface area contributed by atoms with E-state index in [1.54, 1.807) is 0 Å². The van der Waals surface area contributed by atoms with E-state index in [0.717, 1.165) is 79.7 Å². The summed E-state index contributed by atoms with van der Waals surface area (Å²) in [6.07, 6.45) is 1.46. The maximum absolute atomic E-state index is 12.8. The van der Waals surface area contributed by atoms with Crippen LogP contribution in [-0.2, 0) is 19.7 Å². The van der Waals surface area contributed by atoms with Gasteiger partial charge in [0.1, 0.15) is 28.7 Å². The van der Waals surface area contributed by atoms with Crippen molar-refractivity contribution in [3.05, 3.63) is 142 Å². The molecule has 0 spiro atoms. The van der Waals surface area contributed by atoms with Crippen LogP contribution in [0.4, 0.5) is 62.8 Å². The van der Waals surface area contributed by atoms with Crippen molar-refractivity contribution in [2.45, 2.75) is 37.6 Å². The van der Waals surface area contributed by atoms with Gasteiger partial charge in [0.25, 0.3) is 0 Å². The number of carbonyl (C=O) groups excluding carboxylic acids is 1. The average Bonchev–Trinajstić information content (AvgIpc) is 3.61. The van der Waals surface area contributed by atoms with E-state index in [2.05, 4.69) is 32.3 Å². The van der Waals surface area contributed by atoms with E-state index in [-0.39, 0.29) is 120 Å². The molecule has 3 aliphatic rings. The van der Waals surface area contributed by atoms with Gasteiger partial charge in [0, 0.05) is 66.7 Å². The first-order chi connectivity index (χ1) is 37.0. The zero-order chi connectivity index (χ0) is 60.2. The predicted molar refractivity (Wildman–Crippen MR) is 265 cm³/mol. The Kier molecular flexibility index (Phi) is 41.6. The summed E-state index contributed by atoms with van der Waals surface area (Å²) < 4.78 is 203. The van der Waals surface area contributed by atoms with Gasteiger partial charge in [0.15, 0.2) is 64.0 Å². The van der Waals surface area contributed by atoms with E-state index in [0.29, 0.717) is 47.7 Å². The van der Waals surface area contributed by atoms with Crippen molar-refractivity contribution < 1.29 is 170 Å². The van der Waals surface area contributed by atoms with Gasteiger partial charge in [-0.1, -0.05) is 21.1 Å². The number of carbonyl (C=O) groups is 3. The molecule has 0 aliphatic carbocycles. The van der Waals surface area contributed by atoms with Gasteiger partial charge in [-0.25, -0.2) is 49.8 Å². The molecule has 20 nitrogen and oxygen atoms in total. The van der Waals surface area contributed by atoms with Crippen LogP contribution in [0.25, 0.3) is 0 Å². The summed E-state index contributed by atoms with van der Waals surface area (Å²) in [6, 6.07) is 11.6. The Morgan fingerprint density at radius 2 is 1.08 bits per heavy atom. The first-order valence-electron chi connectivity index (χ1n) is 21.3. The maximum atomic E-state index is 12.8. The zero-order valence-corrected chi connectivity index (χ0v) is 47.4. The van der Waals surface area contributed by atoms with E-state index in [1.165, 1.54) is 6.07 Å². The van der Waals surface area contributed by atoms with Crippen molar-refractivity contribution in [2.75, 3.05) is 43.6 Å². The van der Waals surface area contributed by atoms with Gasteiger partial charge in [-0.2, -0.15) is 21.6 Å². The summed E-state index contributed by atoms with van der Waals surface area (Å²) in [5.41, 5.74) is -4.27. The Morgan fingerprint density at radius 3 is 1.53 bits per heavy atom. The summed E-state index contributed by atoms with van der Waals surface area (Å²) >= 11 is 2.97. The van der Waals surface area contributed by atoms with Crippen molar-refractivity contribution >= 4 is 67.6 Å². The molecule has 8 rings (SSSR count). The zero-order valence-electron chi connectivity index (χ0n) is 42.1. The van der Waals surface area contributed by atoms with E-state index < -0.39 is 85.7 Å². The van der Waals surface area contributed by atoms with E-state index in [9.17, 15) is 71.5 Å². The Hall–Kier alpha value is -6.41. The van der Waals surface area contributed by atoms with Crippen molar-refractivity contribution in [1.29, 1.82) is 0 Å². The molecule has 37 heteroatoms. The van der Waals surface area contributed by atoms with Gasteiger partial charge < -0.3 is 61.0 Å². The second-order valence-corrected chi connectivity index (χ2v) is 16.7. The average molecular weight is 1330 g/mol. The molecule has 12 N–H and O–H groups in total. The van der Waals surface area contributed by atoms with Crippen LogP contribution in [0, 0.1) is 58.2 Å². The number of hydrogen-bond acceptors (Lipinski definition) is 16. The van der Waals surface area contributed by atoms with Crippen molar-refractivity contribution in [1.82, 2.24) is 0 Å². The minimum atomic E-state index is -5.84. The number of carboxylic acid groups (broad SMARTS) is 2. The SMILES string of the molecule is Cl.Fc1cc2c(cc1F)OCCCN2.NO.O.O/N=C1\CCOc2cc(F)c(F)cc21.O=C(O)CCBr.O=C(O)CCOc1ccc(F)c(F)c1.O=C1CCOc2cc(F)c(F)cc21.O=S(=O)(O)C(F)(F)F.Oc1ccc(F)c(F)c1.[Na+].[OH-]. The number of ketones is 1. The summed E-state index contributed by atoms with van der Waals surface area (Å²) in [7, 11) is -5.84. The molecule has 460 valence electrons. The number of carboxylic acids is 2.